The lowest BCUT2D eigenvalue weighted by Gasteiger charge is -2.60. The highest BCUT2D eigenvalue weighted by molar-refractivity contribution is 7.89. The first-order valence-electron chi connectivity index (χ1n) is 11.0. The Morgan fingerprint density at radius 2 is 1.71 bits per heavy atom. The molecule has 0 N–H and O–H groups in total. The van der Waals surface area contributed by atoms with Gasteiger partial charge in [0.2, 0.25) is 10.0 Å². The highest BCUT2D eigenvalue weighted by Gasteiger charge is 2.54. The molecule has 3 heterocycles. The van der Waals surface area contributed by atoms with Crippen molar-refractivity contribution in [3.63, 3.8) is 0 Å². The van der Waals surface area contributed by atoms with Gasteiger partial charge in [-0.15, -0.1) is 0 Å². The zero-order valence-corrected chi connectivity index (χ0v) is 19.8. The Morgan fingerprint density at radius 1 is 1.10 bits per heavy atom. The number of sulfonamides is 1. The van der Waals surface area contributed by atoms with Gasteiger partial charge in [-0.05, 0) is 62.4 Å². The molecule has 2 aliphatic heterocycles. The predicted molar refractivity (Wildman–Crippen MR) is 122 cm³/mol. The van der Waals surface area contributed by atoms with Gasteiger partial charge in [-0.1, -0.05) is 17.7 Å². The molecule has 2 aliphatic rings. The van der Waals surface area contributed by atoms with E-state index in [2.05, 4.69) is 22.0 Å². The zero-order chi connectivity index (χ0) is 22.2. The molecule has 168 valence electrons. The molecule has 1 aromatic carbocycles. The van der Waals surface area contributed by atoms with Crippen LogP contribution in [0.1, 0.15) is 41.1 Å². The van der Waals surface area contributed by atoms with Gasteiger partial charge in [0.25, 0.3) is 0 Å². The second-order valence-corrected chi connectivity index (χ2v) is 11.0. The van der Waals surface area contributed by atoms with Crippen LogP contribution in [0.4, 0.5) is 0 Å². The lowest BCUT2D eigenvalue weighted by molar-refractivity contribution is -0.110. The van der Waals surface area contributed by atoms with Gasteiger partial charge >= 0.3 is 0 Å². The molecule has 1 unspecified atom stereocenters. The maximum Gasteiger partial charge on any atom is 0.243 e. The Balaban J connectivity index is 1.55. The molecule has 0 bridgehead atoms. The molecule has 1 atom stereocenters. The molecule has 0 saturated carbocycles. The van der Waals surface area contributed by atoms with Gasteiger partial charge < -0.3 is 4.74 Å². The second-order valence-electron chi connectivity index (χ2n) is 9.14. The summed E-state index contributed by atoms with van der Waals surface area (Å²) in [4.78, 5) is 7.11. The fourth-order valence-electron chi connectivity index (χ4n) is 5.69. The van der Waals surface area contributed by atoms with Crippen LogP contribution >= 0.6 is 0 Å². The summed E-state index contributed by atoms with van der Waals surface area (Å²) in [5.74, 6) is 0. The highest BCUT2D eigenvalue weighted by atomic mass is 32.2. The zero-order valence-electron chi connectivity index (χ0n) is 19.0. The molecule has 0 amide bonds. The van der Waals surface area contributed by atoms with E-state index >= 15 is 0 Å². The van der Waals surface area contributed by atoms with Crippen LogP contribution in [-0.2, 0) is 14.8 Å². The van der Waals surface area contributed by atoms with Crippen LogP contribution in [0.15, 0.2) is 41.6 Å². The van der Waals surface area contributed by atoms with E-state index < -0.39 is 10.0 Å². The molecule has 2 saturated heterocycles. The molecule has 31 heavy (non-hydrogen) atoms. The van der Waals surface area contributed by atoms with E-state index in [-0.39, 0.29) is 5.41 Å². The van der Waals surface area contributed by atoms with Crippen molar-refractivity contribution in [1.29, 1.82) is 0 Å². The summed E-state index contributed by atoms with van der Waals surface area (Å²) in [5, 5.41) is 0. The molecular formula is C24H33N3O3S. The molecule has 1 spiro atoms. The lowest BCUT2D eigenvalue weighted by Crippen LogP contribution is -2.62. The molecule has 4 rings (SSSR count). The molecular weight excluding hydrogens is 410 g/mol. The standard InChI is InChI=1S/C24H33N3O3S/c1-18-15-19(2)22(20(3)16-18)31(28,29)27-11-7-24(8-12-27)17-26(13-14-30-4)23(24)21-5-9-25-10-6-21/h5-6,9-10,15-16,23H,7-8,11-14,17H2,1-4H3. The number of aromatic nitrogens is 1. The summed E-state index contributed by atoms with van der Waals surface area (Å²) < 4.78 is 34.0. The minimum atomic E-state index is -3.49. The van der Waals surface area contributed by atoms with E-state index in [9.17, 15) is 8.42 Å². The lowest BCUT2D eigenvalue weighted by atomic mass is 9.63. The van der Waals surface area contributed by atoms with Gasteiger partial charge in [-0.25, -0.2) is 8.42 Å². The number of methoxy groups -OCH3 is 1. The molecule has 2 fully saturated rings. The van der Waals surface area contributed by atoms with E-state index in [1.165, 1.54) is 5.56 Å². The fraction of sp³-hybridized carbons (Fsp3) is 0.542. The van der Waals surface area contributed by atoms with Crippen molar-refractivity contribution >= 4 is 10.0 Å². The van der Waals surface area contributed by atoms with Gasteiger partial charge in [0, 0.05) is 57.1 Å². The van der Waals surface area contributed by atoms with Crippen LogP contribution in [0.2, 0.25) is 0 Å². The maximum absolute atomic E-state index is 13.5. The van der Waals surface area contributed by atoms with Crippen molar-refractivity contribution in [3.8, 4) is 0 Å². The second kappa shape index (κ2) is 8.62. The summed E-state index contributed by atoms with van der Waals surface area (Å²) in [7, 11) is -1.76. The van der Waals surface area contributed by atoms with E-state index in [0.717, 1.165) is 42.6 Å². The molecule has 0 aliphatic carbocycles. The van der Waals surface area contributed by atoms with Crippen molar-refractivity contribution in [2.24, 2.45) is 5.41 Å². The largest absolute Gasteiger partial charge is 0.383 e. The first-order chi connectivity index (χ1) is 14.8. The first-order valence-corrected chi connectivity index (χ1v) is 12.4. The van der Waals surface area contributed by atoms with Crippen molar-refractivity contribution in [2.45, 2.75) is 44.6 Å². The quantitative estimate of drug-likeness (QED) is 0.684. The molecule has 7 heteroatoms. The molecule has 1 aromatic heterocycles. The monoisotopic (exact) mass is 443 g/mol. The molecule has 0 radical (unpaired) electrons. The summed E-state index contributed by atoms with van der Waals surface area (Å²) in [6, 6.07) is 8.40. The Hall–Kier alpha value is -1.80. The van der Waals surface area contributed by atoms with Crippen molar-refractivity contribution < 1.29 is 13.2 Å². The van der Waals surface area contributed by atoms with Gasteiger partial charge in [-0.2, -0.15) is 4.31 Å². The summed E-state index contributed by atoms with van der Waals surface area (Å²) in [6.45, 7) is 9.50. The van der Waals surface area contributed by atoms with Gasteiger partial charge in [0.15, 0.2) is 0 Å². The van der Waals surface area contributed by atoms with Crippen LogP contribution in [0.25, 0.3) is 0 Å². The smallest absolute Gasteiger partial charge is 0.243 e. The van der Waals surface area contributed by atoms with Crippen LogP contribution in [0.3, 0.4) is 0 Å². The number of rotatable bonds is 6. The number of pyridine rings is 1. The Morgan fingerprint density at radius 3 is 2.29 bits per heavy atom. The van der Waals surface area contributed by atoms with Crippen LogP contribution < -0.4 is 0 Å². The minimum absolute atomic E-state index is 0.110. The van der Waals surface area contributed by atoms with Crippen molar-refractivity contribution in [1.82, 2.24) is 14.2 Å². The van der Waals surface area contributed by atoms with E-state index in [1.807, 2.05) is 45.3 Å². The normalized spacial score (nSPS) is 21.9. The fourth-order valence-corrected chi connectivity index (χ4v) is 7.54. The molecule has 2 aromatic rings. The first kappa shape index (κ1) is 22.4. The summed E-state index contributed by atoms with van der Waals surface area (Å²) in [5.41, 5.74) is 4.14. The number of piperidine rings is 1. The highest BCUT2D eigenvalue weighted by Crippen LogP contribution is 2.55. The number of ether oxygens (including phenoxy) is 1. The van der Waals surface area contributed by atoms with Crippen LogP contribution in [0.5, 0.6) is 0 Å². The average Bonchev–Trinajstić information content (AvgIpc) is 2.71. The Labute approximate surface area is 186 Å². The van der Waals surface area contributed by atoms with Crippen LogP contribution in [-0.4, -0.2) is 62.5 Å². The third kappa shape index (κ3) is 4.04. The van der Waals surface area contributed by atoms with E-state index in [0.29, 0.717) is 30.6 Å². The number of likely N-dealkylation sites (tertiary alicyclic amines) is 1. The Kier molecular flexibility index (Phi) is 6.23. The molecule has 6 nitrogen and oxygen atoms in total. The van der Waals surface area contributed by atoms with Crippen LogP contribution in [0, 0.1) is 26.2 Å². The predicted octanol–water partition coefficient (Wildman–Crippen LogP) is 3.48. The Bertz CT molecular complexity index is 1010. The van der Waals surface area contributed by atoms with Crippen molar-refractivity contribution in [2.75, 3.05) is 39.9 Å². The van der Waals surface area contributed by atoms with Gasteiger partial charge in [-0.3, -0.25) is 9.88 Å². The van der Waals surface area contributed by atoms with Gasteiger partial charge in [0.1, 0.15) is 0 Å². The minimum Gasteiger partial charge on any atom is -0.383 e. The number of aryl methyl sites for hydroxylation is 3. The third-order valence-corrected chi connectivity index (χ3v) is 9.19. The number of benzene rings is 1. The summed E-state index contributed by atoms with van der Waals surface area (Å²) in [6.07, 6.45) is 5.43. The van der Waals surface area contributed by atoms with Crippen molar-refractivity contribution in [3.05, 3.63) is 58.9 Å². The SMILES string of the molecule is COCCN1CC2(CCN(S(=O)(=O)c3c(C)cc(C)cc3C)CC2)C1c1ccncc1. The summed E-state index contributed by atoms with van der Waals surface area (Å²) >= 11 is 0. The topological polar surface area (TPSA) is 62.7 Å². The average molecular weight is 444 g/mol. The number of hydrogen-bond acceptors (Lipinski definition) is 5. The number of nitrogens with zero attached hydrogens (tertiary/aromatic N) is 3. The van der Waals surface area contributed by atoms with Gasteiger partial charge in [0.05, 0.1) is 11.5 Å². The van der Waals surface area contributed by atoms with E-state index in [4.69, 9.17) is 4.74 Å². The number of hydrogen-bond donors (Lipinski definition) is 0. The third-order valence-electron chi connectivity index (χ3n) is 6.99. The van der Waals surface area contributed by atoms with E-state index in [1.54, 1.807) is 11.4 Å². The maximum atomic E-state index is 13.5.